The van der Waals surface area contributed by atoms with Crippen LogP contribution in [0.5, 0.6) is 0 Å². The predicted octanol–water partition coefficient (Wildman–Crippen LogP) is 4.90. The third kappa shape index (κ3) is 3.83. The van der Waals surface area contributed by atoms with Crippen LogP contribution in [-0.4, -0.2) is 16.5 Å². The highest BCUT2D eigenvalue weighted by atomic mass is 19.2. The van der Waals surface area contributed by atoms with Gasteiger partial charge in [-0.2, -0.15) is 4.98 Å². The van der Waals surface area contributed by atoms with Crippen molar-refractivity contribution in [2.75, 3.05) is 17.2 Å². The van der Waals surface area contributed by atoms with Gasteiger partial charge in [-0.1, -0.05) is 36.4 Å². The van der Waals surface area contributed by atoms with E-state index in [4.69, 9.17) is 0 Å². The zero-order chi connectivity index (χ0) is 18.5. The molecule has 0 atom stereocenters. The van der Waals surface area contributed by atoms with Crippen LogP contribution in [0.15, 0.2) is 61.2 Å². The minimum Gasteiger partial charge on any atom is -0.366 e. The Hall–Kier alpha value is -3.35. The molecule has 0 aliphatic carbocycles. The Bertz CT molecular complexity index is 930. The average molecular weight is 356 g/mol. The quantitative estimate of drug-likeness (QED) is 0.487. The fourth-order valence-corrected chi connectivity index (χ4v) is 2.27. The molecule has 132 valence electrons. The minimum absolute atomic E-state index is 0.0443. The van der Waals surface area contributed by atoms with E-state index in [0.29, 0.717) is 18.1 Å². The zero-order valence-corrected chi connectivity index (χ0v) is 13.6. The Morgan fingerprint density at radius 3 is 2.46 bits per heavy atom. The molecule has 0 aliphatic rings. The average Bonchev–Trinajstić information content (AvgIpc) is 2.67. The van der Waals surface area contributed by atoms with Crippen LogP contribution < -0.4 is 10.6 Å². The van der Waals surface area contributed by atoms with Crippen molar-refractivity contribution in [3.05, 3.63) is 78.6 Å². The molecule has 0 saturated carbocycles. The predicted molar refractivity (Wildman–Crippen MR) is 95.8 cm³/mol. The molecular weight excluding hydrogens is 341 g/mol. The van der Waals surface area contributed by atoms with Crippen molar-refractivity contribution < 1.29 is 13.2 Å². The van der Waals surface area contributed by atoms with E-state index in [-0.39, 0.29) is 11.6 Å². The van der Waals surface area contributed by atoms with E-state index in [1.165, 1.54) is 0 Å². The molecule has 26 heavy (non-hydrogen) atoms. The summed E-state index contributed by atoms with van der Waals surface area (Å²) in [5, 5.41) is 5.63. The van der Waals surface area contributed by atoms with Gasteiger partial charge in [-0.25, -0.2) is 18.2 Å². The summed E-state index contributed by atoms with van der Waals surface area (Å²) in [6.07, 6.45) is 1.66. The maximum Gasteiger partial charge on any atom is 0.229 e. The van der Waals surface area contributed by atoms with E-state index >= 15 is 0 Å². The first-order chi connectivity index (χ1) is 12.6. The molecule has 2 aromatic carbocycles. The van der Waals surface area contributed by atoms with Crippen LogP contribution in [0.4, 0.5) is 30.6 Å². The Morgan fingerprint density at radius 2 is 1.73 bits per heavy atom. The van der Waals surface area contributed by atoms with Crippen molar-refractivity contribution in [3.63, 3.8) is 0 Å². The van der Waals surface area contributed by atoms with Crippen LogP contribution in [-0.2, 0) is 0 Å². The largest absolute Gasteiger partial charge is 0.366 e. The Morgan fingerprint density at radius 1 is 0.962 bits per heavy atom. The van der Waals surface area contributed by atoms with Crippen molar-refractivity contribution in [1.82, 2.24) is 9.97 Å². The summed E-state index contributed by atoms with van der Waals surface area (Å²) in [7, 11) is 0. The number of hydrogen-bond donors (Lipinski definition) is 2. The number of nitrogens with zero attached hydrogens (tertiary/aromatic N) is 2. The highest BCUT2D eigenvalue weighted by Crippen LogP contribution is 2.25. The first-order valence-corrected chi connectivity index (χ1v) is 7.78. The molecular formula is C19H15F3N4. The molecule has 1 aromatic heterocycles. The van der Waals surface area contributed by atoms with Gasteiger partial charge in [0.25, 0.3) is 0 Å². The molecule has 3 aromatic rings. The van der Waals surface area contributed by atoms with E-state index in [2.05, 4.69) is 27.2 Å². The van der Waals surface area contributed by atoms with E-state index in [9.17, 15) is 13.2 Å². The molecule has 0 bridgehead atoms. The molecule has 3 rings (SSSR count). The number of anilines is 3. The second-order valence-electron chi connectivity index (χ2n) is 5.35. The second-order valence-corrected chi connectivity index (χ2v) is 5.35. The van der Waals surface area contributed by atoms with Gasteiger partial charge >= 0.3 is 0 Å². The van der Waals surface area contributed by atoms with Gasteiger partial charge < -0.3 is 10.6 Å². The molecule has 4 nitrogen and oxygen atoms in total. The van der Waals surface area contributed by atoms with E-state index in [0.717, 1.165) is 17.7 Å². The lowest BCUT2D eigenvalue weighted by Crippen LogP contribution is -2.06. The molecule has 0 fully saturated rings. The third-order valence-corrected chi connectivity index (χ3v) is 3.50. The molecule has 0 radical (unpaired) electrons. The molecule has 0 amide bonds. The summed E-state index contributed by atoms with van der Waals surface area (Å²) in [5.74, 6) is -3.63. The highest BCUT2D eigenvalue weighted by Gasteiger charge is 2.15. The molecule has 0 unspecified atom stereocenters. The Balaban J connectivity index is 2.00. The van der Waals surface area contributed by atoms with Crippen molar-refractivity contribution >= 4 is 17.5 Å². The van der Waals surface area contributed by atoms with Gasteiger partial charge in [-0.3, -0.25) is 0 Å². The fourth-order valence-electron chi connectivity index (χ4n) is 2.27. The van der Waals surface area contributed by atoms with Crippen LogP contribution in [0.2, 0.25) is 0 Å². The van der Waals surface area contributed by atoms with E-state index in [1.807, 2.05) is 30.3 Å². The highest BCUT2D eigenvalue weighted by molar-refractivity contribution is 5.66. The summed E-state index contributed by atoms with van der Waals surface area (Å²) in [6.45, 7) is 4.09. The number of aromatic nitrogens is 2. The van der Waals surface area contributed by atoms with Crippen LogP contribution in [0.25, 0.3) is 11.3 Å². The lowest BCUT2D eigenvalue weighted by atomic mass is 10.1. The van der Waals surface area contributed by atoms with Gasteiger partial charge in [0.2, 0.25) is 5.95 Å². The molecule has 2 N–H and O–H groups in total. The third-order valence-electron chi connectivity index (χ3n) is 3.50. The summed E-state index contributed by atoms with van der Waals surface area (Å²) in [4.78, 5) is 8.55. The van der Waals surface area contributed by atoms with Crippen LogP contribution in [0, 0.1) is 17.5 Å². The molecule has 0 saturated heterocycles. The minimum atomic E-state index is -1.56. The summed E-state index contributed by atoms with van der Waals surface area (Å²) in [5.41, 5.74) is 1.15. The van der Waals surface area contributed by atoms with Crippen molar-refractivity contribution in [2.24, 2.45) is 0 Å². The van der Waals surface area contributed by atoms with Crippen molar-refractivity contribution in [1.29, 1.82) is 0 Å². The first kappa shape index (κ1) is 17.5. The lowest BCUT2D eigenvalue weighted by molar-refractivity contribution is 0.449. The monoisotopic (exact) mass is 356 g/mol. The van der Waals surface area contributed by atoms with E-state index in [1.54, 1.807) is 12.1 Å². The first-order valence-electron chi connectivity index (χ1n) is 7.78. The number of nitrogens with one attached hydrogen (secondary N) is 2. The zero-order valence-electron chi connectivity index (χ0n) is 13.6. The Labute approximate surface area is 148 Å². The van der Waals surface area contributed by atoms with Crippen LogP contribution in [0.1, 0.15) is 0 Å². The maximum absolute atomic E-state index is 13.9. The fraction of sp³-hybridized carbons (Fsp3) is 0.0526. The van der Waals surface area contributed by atoms with Crippen LogP contribution in [0.3, 0.4) is 0 Å². The van der Waals surface area contributed by atoms with Gasteiger partial charge in [0, 0.05) is 18.2 Å². The standard InChI is InChI=1S/C19H15F3N4/c1-2-10-23-16-11-15(12-6-4-3-5-7-12)25-19(26-16)24-14-9-8-13(20)17(21)18(14)22/h2-9,11H,1,10H2,(H2,23,24,25,26). The molecule has 0 spiro atoms. The van der Waals surface area contributed by atoms with Gasteiger partial charge in [0.05, 0.1) is 11.4 Å². The maximum atomic E-state index is 13.9. The number of halogens is 3. The number of rotatable bonds is 6. The normalized spacial score (nSPS) is 10.4. The summed E-state index contributed by atoms with van der Waals surface area (Å²) in [6, 6.07) is 13.0. The SMILES string of the molecule is C=CCNc1cc(-c2ccccc2)nc(Nc2ccc(F)c(F)c2F)n1. The summed E-state index contributed by atoms with van der Waals surface area (Å²) >= 11 is 0. The molecule has 7 heteroatoms. The van der Waals surface area contributed by atoms with Gasteiger partial charge in [-0.15, -0.1) is 6.58 Å². The van der Waals surface area contributed by atoms with Gasteiger partial charge in [-0.05, 0) is 12.1 Å². The summed E-state index contributed by atoms with van der Waals surface area (Å²) < 4.78 is 40.4. The van der Waals surface area contributed by atoms with Crippen molar-refractivity contribution in [3.8, 4) is 11.3 Å². The van der Waals surface area contributed by atoms with Gasteiger partial charge in [0.15, 0.2) is 17.5 Å². The second kappa shape index (κ2) is 7.69. The smallest absolute Gasteiger partial charge is 0.229 e. The van der Waals surface area contributed by atoms with Crippen molar-refractivity contribution in [2.45, 2.75) is 0 Å². The molecule has 0 aliphatic heterocycles. The van der Waals surface area contributed by atoms with Crippen LogP contribution >= 0.6 is 0 Å². The Kier molecular flexibility index (Phi) is 5.17. The van der Waals surface area contributed by atoms with E-state index < -0.39 is 17.5 Å². The number of benzene rings is 2. The topological polar surface area (TPSA) is 49.8 Å². The molecule has 1 heterocycles. The lowest BCUT2D eigenvalue weighted by Gasteiger charge is -2.11. The van der Waals surface area contributed by atoms with Gasteiger partial charge in [0.1, 0.15) is 5.82 Å². The number of hydrogen-bond acceptors (Lipinski definition) is 4.